The summed E-state index contributed by atoms with van der Waals surface area (Å²) in [6, 6.07) is 2.53. The number of nitrogens with two attached hydrogens (primary N) is 4. The lowest BCUT2D eigenvalue weighted by molar-refractivity contribution is -0.167. The SMILES string of the molecule is C[C@@H]1NC(=O)C(CCCN=C(N)N)NC(=O)[C@H](CCCCNC(=O)CCN(CCC(=O)NCCCC[C@@H]2NC(=O)[C@@H](Cc3ccccc3)NC(=O)[C@H](CC(=O)O)NC(=O)[C@H](C)NC(=O)[C@H](CCCN=C(N)N)NC2=O)OCCCOCCOCCOCCOCCNC(=O)CN=[N+]=[N-])NC(=O)[C@@H](Cc2ccccc2)NC(=O)[C@H](CC(=O)O)NC1=O. The number of rotatable bonds is 51. The van der Waals surface area contributed by atoms with Gasteiger partial charge in [-0.1, -0.05) is 65.8 Å². The molecule has 10 atom stereocenters. The van der Waals surface area contributed by atoms with Crippen LogP contribution in [0.1, 0.15) is 121 Å². The van der Waals surface area contributed by atoms with Gasteiger partial charge in [0.15, 0.2) is 11.9 Å². The number of unbranched alkanes of at least 4 members (excludes halogenated alkanes) is 2. The van der Waals surface area contributed by atoms with Crippen LogP contribution in [0, 0.1) is 0 Å². The van der Waals surface area contributed by atoms with Crippen LogP contribution in [0.2, 0.25) is 0 Å². The summed E-state index contributed by atoms with van der Waals surface area (Å²) >= 11 is 0. The molecule has 120 heavy (non-hydrogen) atoms. The van der Waals surface area contributed by atoms with Gasteiger partial charge < -0.3 is 121 Å². The number of hydrogen-bond acceptors (Lipinski definition) is 24. The molecule has 2 aliphatic rings. The van der Waals surface area contributed by atoms with Gasteiger partial charge in [0.05, 0.1) is 65.7 Å². The van der Waals surface area contributed by atoms with Gasteiger partial charge in [0.2, 0.25) is 76.8 Å². The van der Waals surface area contributed by atoms with Crippen LogP contribution in [0.15, 0.2) is 75.8 Å². The van der Waals surface area contributed by atoms with Gasteiger partial charge in [-0.15, -0.1) is 0 Å². The number of azide groups is 1. The molecule has 2 fully saturated rings. The molecule has 2 aliphatic heterocycles. The van der Waals surface area contributed by atoms with E-state index in [0.29, 0.717) is 17.5 Å². The van der Waals surface area contributed by atoms with Crippen molar-refractivity contribution in [2.45, 2.75) is 183 Å². The molecule has 2 aromatic rings. The van der Waals surface area contributed by atoms with Crippen molar-refractivity contribution in [2.75, 3.05) is 112 Å². The van der Waals surface area contributed by atoms with E-state index in [1.165, 1.54) is 18.9 Å². The zero-order valence-electron chi connectivity index (χ0n) is 67.6. The quantitative estimate of drug-likeness (QED) is 0.00560. The average molecular weight is 1690 g/mol. The van der Waals surface area contributed by atoms with Crippen molar-refractivity contribution < 1.29 is 106 Å². The van der Waals surface area contributed by atoms with E-state index in [1.54, 1.807) is 60.7 Å². The molecule has 0 aliphatic carbocycles. The normalized spacial score (nSPS) is 20.3. The molecule has 0 saturated carbocycles. The standard InChI is InChI=1S/C75H117N23O22/c1-47-64(106)93-57(44-62(102)103)72(114)95-55(42-49-16-5-3-6-17-49)70(112)91-51(68(110)89-53(66(108)87-47)22-13-28-84-74(76)77)20-9-11-26-81-59(99)24-31-98(120-34-15-33-116-36-38-118-40-41-119-39-37-117-35-30-83-61(101)46-86-97-80)32-25-60(100)82-27-12-10-21-52-69(111)90-54(23-14-29-85-75(78)79)67(109)88-48(2)65(107)94-58(45-63(104)105)73(115)96-56(71(113)92-52)43-50-18-7-4-8-19-50/h3-8,16-19,47-48,51-58H,9-15,20-46H2,1-2H3,(H,81,99)(H,82,100)(H,83,101)(H,87,108)(H,88,109)(H,89,110)(H,90,111)(H,91,112)(H,92,113)(H,93,106)(H,94,107)(H,95,114)(H,96,115)(H,102,103)(H,104,105)(H4,76,77,84)(H4,78,79,85)/t47-,48-,51-,52-,53-,54?,55+,56+,57-,58-/m0/s1. The number of carboxylic acid groups (broad SMARTS) is 2. The molecule has 0 spiro atoms. The minimum absolute atomic E-state index is 0.0170. The first-order valence-electron chi connectivity index (χ1n) is 39.7. The number of carbonyl (C=O) groups is 15. The van der Waals surface area contributed by atoms with Crippen LogP contribution < -0.4 is 92.1 Å². The molecular formula is C75H117N23O22. The first kappa shape index (κ1) is 100. The van der Waals surface area contributed by atoms with Gasteiger partial charge in [0, 0.05) is 83.0 Å². The second-order valence-corrected chi connectivity index (χ2v) is 27.9. The number of guanidine groups is 2. The highest BCUT2D eigenvalue weighted by molar-refractivity contribution is 6.00. The summed E-state index contributed by atoms with van der Waals surface area (Å²) in [7, 11) is 0. The average Bonchev–Trinajstić information content (AvgIpc) is 1.55. The lowest BCUT2D eigenvalue weighted by atomic mass is 10.0. The smallest absolute Gasteiger partial charge is 0.305 e. The minimum atomic E-state index is -1.71. The van der Waals surface area contributed by atoms with Gasteiger partial charge in [-0.3, -0.25) is 86.7 Å². The van der Waals surface area contributed by atoms with E-state index in [1.807, 2.05) is 0 Å². The number of hydroxylamine groups is 2. The van der Waals surface area contributed by atoms with Crippen LogP contribution in [0.3, 0.4) is 0 Å². The second-order valence-electron chi connectivity index (χ2n) is 27.9. The number of carboxylic acids is 2. The van der Waals surface area contributed by atoms with Gasteiger partial charge >= 0.3 is 11.9 Å². The number of nitrogens with one attached hydrogen (secondary N) is 13. The zero-order chi connectivity index (χ0) is 88.0. The van der Waals surface area contributed by atoms with Crippen molar-refractivity contribution in [2.24, 2.45) is 38.0 Å². The fourth-order valence-corrected chi connectivity index (χ4v) is 11.8. The number of carbonyl (C=O) groups excluding carboxylic acids is 13. The molecular weight excluding hydrogens is 1570 g/mol. The van der Waals surface area contributed by atoms with E-state index < -0.39 is 162 Å². The van der Waals surface area contributed by atoms with Gasteiger partial charge in [-0.05, 0) is 101 Å². The van der Waals surface area contributed by atoms with E-state index in [2.05, 4.69) is 89.1 Å². The highest BCUT2D eigenvalue weighted by Gasteiger charge is 2.37. The Hall–Kier alpha value is -11.9. The fraction of sp³-hybridized carbons (Fsp3) is 0.613. The monoisotopic (exact) mass is 1690 g/mol. The Morgan fingerprint density at radius 1 is 0.408 bits per heavy atom. The molecule has 1 unspecified atom stereocenters. The lowest BCUT2D eigenvalue weighted by Gasteiger charge is -2.26. The third-order valence-electron chi connectivity index (χ3n) is 18.1. The number of amides is 13. The highest BCUT2D eigenvalue weighted by Crippen LogP contribution is 2.14. The van der Waals surface area contributed by atoms with Gasteiger partial charge in [-0.25, -0.2) is 0 Å². The first-order chi connectivity index (χ1) is 57.5. The van der Waals surface area contributed by atoms with E-state index in [9.17, 15) is 82.1 Å². The Morgan fingerprint density at radius 3 is 1.12 bits per heavy atom. The Labute approximate surface area is 693 Å². The maximum Gasteiger partial charge on any atom is 0.305 e. The molecule has 664 valence electrons. The molecule has 45 nitrogen and oxygen atoms in total. The van der Waals surface area contributed by atoms with Crippen LogP contribution in [-0.2, 0) is 109 Å². The number of nitrogens with zero attached hydrogens (tertiary/aromatic N) is 6. The Morgan fingerprint density at radius 2 is 0.742 bits per heavy atom. The lowest BCUT2D eigenvalue weighted by Crippen LogP contribution is -2.58. The van der Waals surface area contributed by atoms with Crippen molar-refractivity contribution in [3.8, 4) is 0 Å². The molecule has 45 heteroatoms. The third kappa shape index (κ3) is 43.5. The molecule has 2 aromatic carbocycles. The van der Waals surface area contributed by atoms with E-state index in [0.717, 1.165) is 0 Å². The van der Waals surface area contributed by atoms with Gasteiger partial charge in [-0.2, -0.15) is 5.06 Å². The second kappa shape index (κ2) is 58.1. The van der Waals surface area contributed by atoms with Crippen LogP contribution in [0.25, 0.3) is 10.4 Å². The van der Waals surface area contributed by atoms with E-state index in [-0.39, 0.29) is 214 Å². The van der Waals surface area contributed by atoms with Crippen molar-refractivity contribution in [1.82, 2.24) is 74.2 Å². The number of ether oxygens (including phenoxy) is 4. The van der Waals surface area contributed by atoms with Crippen molar-refractivity contribution >= 4 is 101 Å². The summed E-state index contributed by atoms with van der Waals surface area (Å²) in [4.78, 5) is 219. The molecule has 2 heterocycles. The molecule has 0 radical (unpaired) electrons. The third-order valence-corrected chi connectivity index (χ3v) is 18.1. The van der Waals surface area contributed by atoms with Crippen LogP contribution in [0.4, 0.5) is 0 Å². The van der Waals surface area contributed by atoms with Crippen molar-refractivity contribution in [3.05, 3.63) is 82.2 Å². The summed E-state index contributed by atoms with van der Waals surface area (Å²) < 4.78 is 22.2. The summed E-state index contributed by atoms with van der Waals surface area (Å²) in [6.45, 7) is 4.82. The predicted octanol–water partition coefficient (Wildman–Crippen LogP) is -5.09. The maximum atomic E-state index is 14.4. The Balaban J connectivity index is 1.46. The van der Waals surface area contributed by atoms with Crippen LogP contribution in [0.5, 0.6) is 0 Å². The van der Waals surface area contributed by atoms with Gasteiger partial charge in [0.25, 0.3) is 0 Å². The summed E-state index contributed by atoms with van der Waals surface area (Å²) in [5.74, 6) is -13.7. The van der Waals surface area contributed by atoms with Gasteiger partial charge in [0.1, 0.15) is 67.0 Å². The minimum Gasteiger partial charge on any atom is -0.481 e. The summed E-state index contributed by atoms with van der Waals surface area (Å²) in [5, 5.41) is 57.8. The van der Waals surface area contributed by atoms with Crippen LogP contribution >= 0.6 is 0 Å². The highest BCUT2D eigenvalue weighted by atomic mass is 16.7. The maximum absolute atomic E-state index is 14.4. The van der Waals surface area contributed by atoms with E-state index in [4.69, 9.17) is 52.3 Å². The summed E-state index contributed by atoms with van der Waals surface area (Å²) in [5.41, 5.74) is 31.5. The molecule has 2 saturated heterocycles. The number of benzene rings is 2. The molecule has 23 N–H and O–H groups in total. The van der Waals surface area contributed by atoms with Crippen molar-refractivity contribution in [1.29, 1.82) is 0 Å². The van der Waals surface area contributed by atoms with Crippen LogP contribution in [-0.4, -0.2) is 288 Å². The largest absolute Gasteiger partial charge is 0.481 e. The topological polar surface area (TPSA) is 680 Å². The molecule has 0 aromatic heterocycles. The summed E-state index contributed by atoms with van der Waals surface area (Å²) in [6.07, 6.45) is -1.12. The predicted molar refractivity (Wildman–Crippen MR) is 431 cm³/mol. The fourth-order valence-electron chi connectivity index (χ4n) is 11.8. The van der Waals surface area contributed by atoms with Crippen molar-refractivity contribution in [3.63, 3.8) is 0 Å². The number of hydrogen-bond donors (Lipinski definition) is 19. The first-order valence-corrected chi connectivity index (χ1v) is 39.7. The molecule has 0 bridgehead atoms. The zero-order valence-corrected chi connectivity index (χ0v) is 67.6. The Kier molecular flexibility index (Phi) is 48.6. The Bertz CT molecular complexity index is 3540. The van der Waals surface area contributed by atoms with E-state index >= 15 is 0 Å². The molecule has 4 rings (SSSR count). The molecule has 13 amide bonds. The number of aliphatic imine (C=N–C) groups is 2. The number of aliphatic carboxylic acids is 2.